The van der Waals surface area contributed by atoms with Crippen LogP contribution in [-0.4, -0.2) is 56.9 Å². The summed E-state index contributed by atoms with van der Waals surface area (Å²) in [5, 5.41) is 17.7. The largest absolute Gasteiger partial charge is 0.481 e. The van der Waals surface area contributed by atoms with E-state index >= 15 is 0 Å². The zero-order chi connectivity index (χ0) is 25.1. The van der Waals surface area contributed by atoms with E-state index in [4.69, 9.17) is 4.98 Å². The number of likely N-dealkylation sites (tertiary alicyclic amines) is 1. The summed E-state index contributed by atoms with van der Waals surface area (Å²) >= 11 is 0. The Bertz CT molecular complexity index is 1220. The van der Waals surface area contributed by atoms with E-state index in [2.05, 4.69) is 45.6 Å². The first-order valence-electron chi connectivity index (χ1n) is 13.2. The van der Waals surface area contributed by atoms with Crippen LogP contribution in [-0.2, 0) is 17.6 Å². The van der Waals surface area contributed by atoms with Gasteiger partial charge in [-0.3, -0.25) is 9.78 Å². The van der Waals surface area contributed by atoms with Crippen molar-refractivity contribution in [2.24, 2.45) is 5.92 Å². The summed E-state index contributed by atoms with van der Waals surface area (Å²) in [7, 11) is 0. The van der Waals surface area contributed by atoms with E-state index in [0.717, 1.165) is 80.9 Å². The first-order chi connectivity index (χ1) is 17.4. The van der Waals surface area contributed by atoms with Gasteiger partial charge in [0.2, 0.25) is 0 Å². The number of benzene rings is 1. The lowest BCUT2D eigenvalue weighted by Crippen LogP contribution is -2.28. The second-order valence-corrected chi connectivity index (χ2v) is 10.5. The molecule has 2 N–H and O–H groups in total. The molecule has 1 saturated heterocycles. The molecule has 5 rings (SSSR count). The zero-order valence-electron chi connectivity index (χ0n) is 21.4. The smallest absolute Gasteiger partial charge is 0.304 e. The first-order valence-corrected chi connectivity index (χ1v) is 13.2. The highest BCUT2D eigenvalue weighted by Gasteiger charge is 2.27. The summed E-state index contributed by atoms with van der Waals surface area (Å²) in [4.78, 5) is 19.1. The van der Waals surface area contributed by atoms with Gasteiger partial charge in [0.1, 0.15) is 0 Å². The van der Waals surface area contributed by atoms with Crippen LogP contribution in [0.1, 0.15) is 59.9 Å². The number of carbonyl (C=O) groups is 1. The number of rotatable bonds is 9. The van der Waals surface area contributed by atoms with Crippen molar-refractivity contribution >= 4 is 11.7 Å². The topological polar surface area (TPSA) is 83.3 Å². The Morgan fingerprint density at radius 3 is 2.92 bits per heavy atom. The van der Waals surface area contributed by atoms with Crippen molar-refractivity contribution in [2.45, 2.75) is 58.3 Å². The van der Waals surface area contributed by atoms with Crippen LogP contribution in [0, 0.1) is 19.8 Å². The lowest BCUT2D eigenvalue weighted by atomic mass is 9.94. The molecular weight excluding hydrogens is 450 g/mol. The minimum atomic E-state index is -0.750. The Hall–Kier alpha value is -3.19. The number of nitrogens with one attached hydrogen (secondary N) is 1. The molecule has 2 aliphatic heterocycles. The van der Waals surface area contributed by atoms with Gasteiger partial charge in [-0.15, -0.1) is 0 Å². The summed E-state index contributed by atoms with van der Waals surface area (Å²) < 4.78 is 1.94. The van der Waals surface area contributed by atoms with Crippen LogP contribution in [0.3, 0.4) is 0 Å². The Balaban J connectivity index is 1.21. The molecule has 2 aromatic heterocycles. The molecule has 190 valence electrons. The van der Waals surface area contributed by atoms with E-state index < -0.39 is 5.97 Å². The average Bonchev–Trinajstić information content (AvgIpc) is 3.47. The molecule has 7 nitrogen and oxygen atoms in total. The number of pyridine rings is 1. The Kier molecular flexibility index (Phi) is 7.37. The molecule has 2 atom stereocenters. The fourth-order valence-electron chi connectivity index (χ4n) is 5.79. The van der Waals surface area contributed by atoms with Crippen LogP contribution in [0.2, 0.25) is 0 Å². The maximum absolute atomic E-state index is 11.7. The predicted octanol–water partition coefficient (Wildman–Crippen LogP) is 4.76. The monoisotopic (exact) mass is 487 g/mol. The number of aromatic nitrogens is 3. The molecule has 0 unspecified atom stereocenters. The third-order valence-corrected chi connectivity index (χ3v) is 7.61. The molecule has 7 heteroatoms. The highest BCUT2D eigenvalue weighted by molar-refractivity contribution is 5.68. The van der Waals surface area contributed by atoms with Crippen LogP contribution >= 0.6 is 0 Å². The van der Waals surface area contributed by atoms with Gasteiger partial charge in [0.25, 0.3) is 0 Å². The lowest BCUT2D eigenvalue weighted by molar-refractivity contribution is -0.137. The number of carboxylic acids is 1. The fourth-order valence-corrected chi connectivity index (χ4v) is 5.79. The fraction of sp³-hybridized carbons (Fsp3) is 0.483. The number of aliphatic carboxylic acids is 1. The summed E-state index contributed by atoms with van der Waals surface area (Å²) in [6, 6.07) is 14.6. The van der Waals surface area contributed by atoms with Gasteiger partial charge in [0.15, 0.2) is 0 Å². The number of nitrogens with zero attached hydrogens (tertiary/aromatic N) is 4. The molecule has 0 aliphatic carbocycles. The highest BCUT2D eigenvalue weighted by Crippen LogP contribution is 2.29. The SMILES string of the molecule is Cc1cc(C)n(-c2cccc([C@H](CC(=O)O)CN3CC[C@@H](CCc4ccc5c(n4)CCCN5)C3)c2)n1. The van der Waals surface area contributed by atoms with Gasteiger partial charge in [0.05, 0.1) is 29.2 Å². The van der Waals surface area contributed by atoms with E-state index in [9.17, 15) is 9.90 Å². The zero-order valence-corrected chi connectivity index (χ0v) is 21.4. The van der Waals surface area contributed by atoms with E-state index in [1.807, 2.05) is 30.7 Å². The van der Waals surface area contributed by atoms with E-state index in [1.165, 1.54) is 17.1 Å². The minimum Gasteiger partial charge on any atom is -0.481 e. The van der Waals surface area contributed by atoms with Gasteiger partial charge in [-0.2, -0.15) is 5.10 Å². The normalized spacial score (nSPS) is 18.6. The van der Waals surface area contributed by atoms with Gasteiger partial charge in [0, 0.05) is 36.9 Å². The maximum Gasteiger partial charge on any atom is 0.304 e. The molecule has 0 saturated carbocycles. The van der Waals surface area contributed by atoms with Crippen molar-refractivity contribution in [3.63, 3.8) is 0 Å². The number of hydrogen-bond acceptors (Lipinski definition) is 5. The van der Waals surface area contributed by atoms with Gasteiger partial charge < -0.3 is 15.3 Å². The number of fused-ring (bicyclic) bond motifs is 1. The van der Waals surface area contributed by atoms with E-state index in [0.29, 0.717) is 5.92 Å². The molecular formula is C29H37N5O2. The van der Waals surface area contributed by atoms with Crippen LogP contribution in [0.4, 0.5) is 5.69 Å². The minimum absolute atomic E-state index is 0.0482. The number of anilines is 1. The quantitative estimate of drug-likeness (QED) is 0.453. The van der Waals surface area contributed by atoms with Gasteiger partial charge in [-0.05, 0) is 94.3 Å². The van der Waals surface area contributed by atoms with Gasteiger partial charge in [-0.1, -0.05) is 12.1 Å². The Labute approximate surface area is 213 Å². The van der Waals surface area contributed by atoms with Crippen molar-refractivity contribution in [2.75, 3.05) is 31.5 Å². The second kappa shape index (κ2) is 10.8. The molecule has 1 fully saturated rings. The van der Waals surface area contributed by atoms with Crippen LogP contribution in [0.15, 0.2) is 42.5 Å². The molecule has 0 amide bonds. The molecule has 0 bridgehead atoms. The third kappa shape index (κ3) is 5.78. The van der Waals surface area contributed by atoms with E-state index in [1.54, 1.807) is 0 Å². The summed E-state index contributed by atoms with van der Waals surface area (Å²) in [5.74, 6) is -0.166. The number of hydrogen-bond donors (Lipinski definition) is 2. The van der Waals surface area contributed by atoms with E-state index in [-0.39, 0.29) is 12.3 Å². The highest BCUT2D eigenvalue weighted by atomic mass is 16.4. The molecule has 0 spiro atoms. The molecule has 4 heterocycles. The lowest BCUT2D eigenvalue weighted by Gasteiger charge is -2.24. The second-order valence-electron chi connectivity index (χ2n) is 10.5. The van der Waals surface area contributed by atoms with Crippen LogP contribution < -0.4 is 5.32 Å². The summed E-state index contributed by atoms with van der Waals surface area (Å²) in [6.45, 7) is 7.90. The third-order valence-electron chi connectivity index (χ3n) is 7.61. The predicted molar refractivity (Wildman–Crippen MR) is 142 cm³/mol. The van der Waals surface area contributed by atoms with Gasteiger partial charge in [-0.25, -0.2) is 4.68 Å². The molecule has 1 aromatic carbocycles. The van der Waals surface area contributed by atoms with Crippen molar-refractivity contribution in [3.8, 4) is 5.69 Å². The number of carboxylic acid groups (broad SMARTS) is 1. The molecule has 3 aromatic rings. The van der Waals surface area contributed by atoms with Crippen molar-refractivity contribution < 1.29 is 9.90 Å². The first kappa shape index (κ1) is 24.5. The van der Waals surface area contributed by atoms with Crippen molar-refractivity contribution in [1.82, 2.24) is 19.7 Å². The average molecular weight is 488 g/mol. The standard InChI is InChI=1S/C29H37N5O2/c1-20-15-21(2)34(32-20)26-6-3-5-23(16-26)24(17-29(35)36)19-33-14-12-22(18-33)8-9-25-10-11-27-28(31-25)7-4-13-30-27/h3,5-6,10-11,15-16,22,24,30H,4,7-9,12-14,17-19H2,1-2H3,(H,35,36)/t22-,24-/m1/s1. The van der Waals surface area contributed by atoms with Crippen molar-refractivity contribution in [3.05, 3.63) is 70.8 Å². The number of aryl methyl sites for hydroxylation is 4. The molecule has 2 aliphatic rings. The molecule has 0 radical (unpaired) electrons. The summed E-state index contributed by atoms with van der Waals surface area (Å²) in [5.41, 5.74) is 7.71. The van der Waals surface area contributed by atoms with Gasteiger partial charge >= 0.3 is 5.97 Å². The Morgan fingerprint density at radius 2 is 2.11 bits per heavy atom. The Morgan fingerprint density at radius 1 is 1.22 bits per heavy atom. The molecule has 36 heavy (non-hydrogen) atoms. The van der Waals surface area contributed by atoms with Crippen LogP contribution in [0.25, 0.3) is 5.69 Å². The van der Waals surface area contributed by atoms with Crippen molar-refractivity contribution in [1.29, 1.82) is 0 Å². The van der Waals surface area contributed by atoms with Crippen LogP contribution in [0.5, 0.6) is 0 Å². The summed E-state index contributed by atoms with van der Waals surface area (Å²) in [6.07, 6.45) is 5.66. The maximum atomic E-state index is 11.7.